The highest BCUT2D eigenvalue weighted by atomic mass is 32.2. The normalized spacial score (nSPS) is 10.2. The largest absolute Gasteiger partial charge is 0.398 e. The Kier molecular flexibility index (Phi) is 5.79. The van der Waals surface area contributed by atoms with Crippen molar-refractivity contribution < 1.29 is 9.18 Å². The molecule has 0 heterocycles. The van der Waals surface area contributed by atoms with E-state index in [1.165, 1.54) is 12.1 Å². The van der Waals surface area contributed by atoms with Crippen molar-refractivity contribution >= 4 is 23.4 Å². The first-order valence-electron chi connectivity index (χ1n) is 5.30. The van der Waals surface area contributed by atoms with Crippen LogP contribution in [0.15, 0.2) is 23.1 Å². The highest BCUT2D eigenvalue weighted by molar-refractivity contribution is 7.99. The van der Waals surface area contributed by atoms with E-state index in [0.717, 1.165) is 23.5 Å². The zero-order valence-corrected chi connectivity index (χ0v) is 10.2. The molecule has 17 heavy (non-hydrogen) atoms. The van der Waals surface area contributed by atoms with Gasteiger partial charge in [-0.15, -0.1) is 11.8 Å². The summed E-state index contributed by atoms with van der Waals surface area (Å²) in [6.07, 6.45) is 2.09. The van der Waals surface area contributed by atoms with Crippen LogP contribution < -0.4 is 17.0 Å². The monoisotopic (exact) mass is 257 g/mol. The van der Waals surface area contributed by atoms with Crippen LogP contribution in [0.1, 0.15) is 19.3 Å². The second-order valence-electron chi connectivity index (χ2n) is 3.56. The molecule has 94 valence electrons. The first-order chi connectivity index (χ1) is 8.13. The minimum Gasteiger partial charge on any atom is -0.398 e. The number of carbonyl (C=O) groups is 1. The molecule has 0 saturated carbocycles. The third-order valence-electron chi connectivity index (χ3n) is 2.19. The van der Waals surface area contributed by atoms with Crippen molar-refractivity contribution in [1.82, 2.24) is 5.43 Å². The summed E-state index contributed by atoms with van der Waals surface area (Å²) in [7, 11) is 0. The zero-order chi connectivity index (χ0) is 12.7. The van der Waals surface area contributed by atoms with Gasteiger partial charge >= 0.3 is 0 Å². The lowest BCUT2D eigenvalue weighted by Gasteiger charge is -2.05. The second kappa shape index (κ2) is 7.13. The number of unbranched alkanes of at least 4 members (excludes halogenated alkanes) is 1. The lowest BCUT2D eigenvalue weighted by molar-refractivity contribution is -0.121. The Morgan fingerprint density at radius 2 is 2.18 bits per heavy atom. The maximum atomic E-state index is 12.8. The number of hydrogen-bond acceptors (Lipinski definition) is 4. The number of rotatable bonds is 6. The molecule has 1 aromatic rings. The van der Waals surface area contributed by atoms with Crippen LogP contribution >= 0.6 is 11.8 Å². The van der Waals surface area contributed by atoms with E-state index in [-0.39, 0.29) is 11.7 Å². The Hall–Kier alpha value is -1.27. The molecule has 0 atom stereocenters. The molecule has 0 aliphatic rings. The van der Waals surface area contributed by atoms with Crippen LogP contribution in [-0.4, -0.2) is 11.7 Å². The fourth-order valence-electron chi connectivity index (χ4n) is 1.29. The van der Waals surface area contributed by atoms with E-state index in [9.17, 15) is 9.18 Å². The maximum Gasteiger partial charge on any atom is 0.233 e. The van der Waals surface area contributed by atoms with Crippen molar-refractivity contribution in [3.8, 4) is 0 Å². The first kappa shape index (κ1) is 13.8. The number of amides is 1. The second-order valence-corrected chi connectivity index (χ2v) is 4.69. The molecule has 0 aliphatic carbocycles. The van der Waals surface area contributed by atoms with Gasteiger partial charge in [0.05, 0.1) is 0 Å². The highest BCUT2D eigenvalue weighted by Crippen LogP contribution is 2.26. The average molecular weight is 257 g/mol. The van der Waals surface area contributed by atoms with E-state index in [4.69, 9.17) is 11.6 Å². The Bertz CT molecular complexity index is 387. The molecule has 1 rings (SSSR count). The first-order valence-corrected chi connectivity index (χ1v) is 6.29. The Morgan fingerprint density at radius 1 is 1.41 bits per heavy atom. The van der Waals surface area contributed by atoms with E-state index >= 15 is 0 Å². The summed E-state index contributed by atoms with van der Waals surface area (Å²) >= 11 is 1.56. The molecule has 5 N–H and O–H groups in total. The van der Waals surface area contributed by atoms with Crippen molar-refractivity contribution in [2.24, 2.45) is 5.84 Å². The molecule has 4 nitrogen and oxygen atoms in total. The Morgan fingerprint density at radius 3 is 2.82 bits per heavy atom. The van der Waals surface area contributed by atoms with Crippen LogP contribution in [0.2, 0.25) is 0 Å². The molecule has 0 spiro atoms. The standard InChI is InChI=1S/C11H16FN3OS/c12-8-4-5-10(9(13)7-8)17-6-2-1-3-11(16)15-14/h4-5,7H,1-3,6,13-14H2,(H,15,16). The number of hydrogen-bond donors (Lipinski definition) is 3. The quantitative estimate of drug-likeness (QED) is 0.181. The summed E-state index contributed by atoms with van der Waals surface area (Å²) in [5.74, 6) is 5.31. The van der Waals surface area contributed by atoms with Gasteiger partial charge in [0.15, 0.2) is 0 Å². The summed E-state index contributed by atoms with van der Waals surface area (Å²) in [6.45, 7) is 0. The van der Waals surface area contributed by atoms with Gasteiger partial charge in [0.2, 0.25) is 5.91 Å². The summed E-state index contributed by atoms with van der Waals surface area (Å²) in [4.78, 5) is 11.7. The third kappa shape index (κ3) is 5.06. The Balaban J connectivity index is 2.24. The number of nitrogens with two attached hydrogens (primary N) is 2. The maximum absolute atomic E-state index is 12.8. The van der Waals surface area contributed by atoms with Gasteiger partial charge in [-0.2, -0.15) is 0 Å². The smallest absolute Gasteiger partial charge is 0.233 e. The van der Waals surface area contributed by atoms with Crippen molar-refractivity contribution in [3.63, 3.8) is 0 Å². The number of thioether (sulfide) groups is 1. The third-order valence-corrected chi connectivity index (χ3v) is 3.36. The van der Waals surface area contributed by atoms with Crippen molar-refractivity contribution in [2.45, 2.75) is 24.2 Å². The van der Waals surface area contributed by atoms with Gasteiger partial charge in [-0.05, 0) is 36.8 Å². The number of nitrogen functional groups attached to an aromatic ring is 1. The summed E-state index contributed by atoms with van der Waals surface area (Å²) in [5, 5.41) is 0. The van der Waals surface area contributed by atoms with E-state index in [0.29, 0.717) is 12.1 Å². The van der Waals surface area contributed by atoms with Gasteiger partial charge in [0.25, 0.3) is 0 Å². The van der Waals surface area contributed by atoms with Crippen LogP contribution in [0.4, 0.5) is 10.1 Å². The van der Waals surface area contributed by atoms with E-state index in [1.54, 1.807) is 17.8 Å². The van der Waals surface area contributed by atoms with Gasteiger partial charge in [-0.25, -0.2) is 10.2 Å². The zero-order valence-electron chi connectivity index (χ0n) is 9.41. The molecule has 0 aliphatic heterocycles. The molecule has 6 heteroatoms. The number of nitrogens with one attached hydrogen (secondary N) is 1. The van der Waals surface area contributed by atoms with Gasteiger partial charge in [-0.1, -0.05) is 0 Å². The van der Waals surface area contributed by atoms with Crippen molar-refractivity contribution in [3.05, 3.63) is 24.0 Å². The highest BCUT2D eigenvalue weighted by Gasteiger charge is 2.02. The molecular weight excluding hydrogens is 241 g/mol. The lowest BCUT2D eigenvalue weighted by atomic mass is 10.2. The predicted molar refractivity (Wildman–Crippen MR) is 67.7 cm³/mol. The molecule has 0 unspecified atom stereocenters. The van der Waals surface area contributed by atoms with Crippen LogP contribution in [0.3, 0.4) is 0 Å². The van der Waals surface area contributed by atoms with Gasteiger partial charge < -0.3 is 5.73 Å². The van der Waals surface area contributed by atoms with Gasteiger partial charge in [0, 0.05) is 17.0 Å². The van der Waals surface area contributed by atoms with Crippen LogP contribution in [0.5, 0.6) is 0 Å². The summed E-state index contributed by atoms with van der Waals surface area (Å²) in [6, 6.07) is 4.37. The summed E-state index contributed by atoms with van der Waals surface area (Å²) < 4.78 is 12.8. The molecule has 1 amide bonds. The van der Waals surface area contributed by atoms with Crippen LogP contribution in [-0.2, 0) is 4.79 Å². The fourth-order valence-corrected chi connectivity index (χ4v) is 2.25. The number of anilines is 1. The number of halogens is 1. The van der Waals surface area contributed by atoms with Gasteiger partial charge in [0.1, 0.15) is 5.82 Å². The molecule has 0 fully saturated rings. The fraction of sp³-hybridized carbons (Fsp3) is 0.364. The Labute approximate surface area is 104 Å². The predicted octanol–water partition coefficient (Wildman–Crippen LogP) is 1.66. The van der Waals surface area contributed by atoms with Crippen molar-refractivity contribution in [2.75, 3.05) is 11.5 Å². The van der Waals surface area contributed by atoms with Crippen LogP contribution in [0, 0.1) is 5.82 Å². The summed E-state index contributed by atoms with van der Waals surface area (Å²) in [5.41, 5.74) is 8.20. The number of hydrazine groups is 1. The molecule has 1 aromatic carbocycles. The van der Waals surface area contributed by atoms with Crippen LogP contribution in [0.25, 0.3) is 0 Å². The van der Waals surface area contributed by atoms with Crippen molar-refractivity contribution in [1.29, 1.82) is 0 Å². The molecular formula is C11H16FN3OS. The van der Waals surface area contributed by atoms with E-state index < -0.39 is 0 Å². The molecule has 0 bridgehead atoms. The van der Waals surface area contributed by atoms with E-state index in [2.05, 4.69) is 5.43 Å². The minimum atomic E-state index is -0.327. The SMILES string of the molecule is NNC(=O)CCCCSc1ccc(F)cc1N. The molecule has 0 aromatic heterocycles. The lowest BCUT2D eigenvalue weighted by Crippen LogP contribution is -2.29. The average Bonchev–Trinajstić information content (AvgIpc) is 2.30. The minimum absolute atomic E-state index is 0.156. The molecule has 0 saturated heterocycles. The topological polar surface area (TPSA) is 81.1 Å². The number of carbonyl (C=O) groups excluding carboxylic acids is 1. The van der Waals surface area contributed by atoms with Gasteiger partial charge in [-0.3, -0.25) is 10.2 Å². The number of benzene rings is 1. The molecule has 0 radical (unpaired) electrons. The van der Waals surface area contributed by atoms with E-state index in [1.807, 2.05) is 0 Å².